The van der Waals surface area contributed by atoms with Crippen LogP contribution >= 0.6 is 0 Å². The Morgan fingerprint density at radius 3 is 2.42 bits per heavy atom. The molecule has 1 aromatic carbocycles. The maximum absolute atomic E-state index is 12.6. The fourth-order valence-electron chi connectivity index (χ4n) is 2.87. The van der Waals surface area contributed by atoms with Gasteiger partial charge in [0, 0.05) is 38.5 Å². The van der Waals surface area contributed by atoms with Crippen LogP contribution in [0.5, 0.6) is 0 Å². The second-order valence-electron chi connectivity index (χ2n) is 6.28. The van der Waals surface area contributed by atoms with Gasteiger partial charge in [0.2, 0.25) is 15.9 Å². The number of anilines is 1. The summed E-state index contributed by atoms with van der Waals surface area (Å²) in [7, 11) is -1.49. The number of benzene rings is 1. The SMILES string of the molecule is CN1CCN(S(=O)(=O)c2ccc(NC(=O)C3CCOC3)cc2)CC1. The number of nitrogens with one attached hydrogen (secondary N) is 1. The number of sulfonamides is 1. The minimum Gasteiger partial charge on any atom is -0.381 e. The van der Waals surface area contributed by atoms with Crippen molar-refractivity contribution >= 4 is 21.6 Å². The normalized spacial score (nSPS) is 23.3. The quantitative estimate of drug-likeness (QED) is 0.857. The van der Waals surface area contributed by atoms with Gasteiger partial charge in [-0.2, -0.15) is 4.31 Å². The summed E-state index contributed by atoms with van der Waals surface area (Å²) in [5.74, 6) is -0.207. The monoisotopic (exact) mass is 353 g/mol. The van der Waals surface area contributed by atoms with Crippen molar-refractivity contribution in [1.29, 1.82) is 0 Å². The first-order chi connectivity index (χ1) is 11.5. The second-order valence-corrected chi connectivity index (χ2v) is 8.22. The Morgan fingerprint density at radius 2 is 1.83 bits per heavy atom. The lowest BCUT2D eigenvalue weighted by Crippen LogP contribution is -2.46. The zero-order valence-electron chi connectivity index (χ0n) is 13.8. The first-order valence-corrected chi connectivity index (χ1v) is 9.58. The van der Waals surface area contributed by atoms with Gasteiger partial charge in [0.05, 0.1) is 17.4 Å². The first kappa shape index (κ1) is 17.3. The standard InChI is InChI=1S/C16H23N3O4S/c1-18-7-9-19(10-8-18)24(21,22)15-4-2-14(3-5-15)17-16(20)13-6-11-23-12-13/h2-5,13H,6-12H2,1H3,(H,17,20). The molecule has 2 saturated heterocycles. The number of ether oxygens (including phenoxy) is 1. The van der Waals surface area contributed by atoms with Gasteiger partial charge in [0.15, 0.2) is 0 Å². The summed E-state index contributed by atoms with van der Waals surface area (Å²) in [6.07, 6.45) is 0.724. The highest BCUT2D eigenvalue weighted by Crippen LogP contribution is 2.21. The molecule has 132 valence electrons. The van der Waals surface area contributed by atoms with Gasteiger partial charge in [-0.15, -0.1) is 0 Å². The van der Waals surface area contributed by atoms with Gasteiger partial charge in [-0.1, -0.05) is 0 Å². The predicted octanol–water partition coefficient (Wildman–Crippen LogP) is 0.598. The molecule has 1 N–H and O–H groups in total. The van der Waals surface area contributed by atoms with E-state index in [0.717, 1.165) is 19.5 Å². The van der Waals surface area contributed by atoms with Gasteiger partial charge < -0.3 is 15.0 Å². The van der Waals surface area contributed by atoms with Crippen molar-refractivity contribution in [1.82, 2.24) is 9.21 Å². The summed E-state index contributed by atoms with van der Waals surface area (Å²) in [6.45, 7) is 3.52. The summed E-state index contributed by atoms with van der Waals surface area (Å²) in [5, 5.41) is 2.81. The molecule has 2 aliphatic rings. The van der Waals surface area contributed by atoms with E-state index in [1.807, 2.05) is 7.05 Å². The maximum atomic E-state index is 12.6. The van der Waals surface area contributed by atoms with E-state index in [1.165, 1.54) is 4.31 Å². The zero-order chi connectivity index (χ0) is 17.2. The molecule has 3 rings (SSSR count). The molecule has 24 heavy (non-hydrogen) atoms. The molecular weight excluding hydrogens is 330 g/mol. The number of carbonyl (C=O) groups excluding carboxylic acids is 1. The van der Waals surface area contributed by atoms with Gasteiger partial charge in [-0.05, 0) is 37.7 Å². The van der Waals surface area contributed by atoms with Gasteiger partial charge in [0.1, 0.15) is 0 Å². The van der Waals surface area contributed by atoms with E-state index < -0.39 is 10.0 Å². The highest BCUT2D eigenvalue weighted by atomic mass is 32.2. The third-order valence-electron chi connectivity index (χ3n) is 4.52. The minimum absolute atomic E-state index is 0.0813. The van der Waals surface area contributed by atoms with Gasteiger partial charge in [-0.3, -0.25) is 4.79 Å². The summed E-state index contributed by atoms with van der Waals surface area (Å²) in [5.41, 5.74) is 0.601. The molecule has 2 heterocycles. The van der Waals surface area contributed by atoms with Crippen molar-refractivity contribution in [3.05, 3.63) is 24.3 Å². The number of hydrogen-bond donors (Lipinski definition) is 1. The Hall–Kier alpha value is -1.48. The molecule has 0 bridgehead atoms. The molecule has 1 unspecified atom stereocenters. The van der Waals surface area contributed by atoms with E-state index in [2.05, 4.69) is 10.2 Å². The fourth-order valence-corrected chi connectivity index (χ4v) is 4.30. The number of nitrogens with zero attached hydrogens (tertiary/aromatic N) is 2. The van der Waals surface area contributed by atoms with E-state index in [4.69, 9.17) is 4.74 Å². The number of piperazine rings is 1. The third-order valence-corrected chi connectivity index (χ3v) is 6.44. The molecule has 1 amide bonds. The molecular formula is C16H23N3O4S. The van der Waals surface area contributed by atoms with E-state index in [9.17, 15) is 13.2 Å². The summed E-state index contributed by atoms with van der Waals surface area (Å²) < 4.78 is 32.0. The largest absolute Gasteiger partial charge is 0.381 e. The van der Waals surface area contributed by atoms with Crippen molar-refractivity contribution in [2.45, 2.75) is 11.3 Å². The molecule has 1 atom stereocenters. The van der Waals surface area contributed by atoms with Crippen molar-refractivity contribution in [3.8, 4) is 0 Å². The van der Waals surface area contributed by atoms with Crippen LogP contribution in [0.3, 0.4) is 0 Å². The van der Waals surface area contributed by atoms with Crippen LogP contribution in [-0.2, 0) is 19.6 Å². The lowest BCUT2D eigenvalue weighted by Gasteiger charge is -2.31. The smallest absolute Gasteiger partial charge is 0.243 e. The van der Waals surface area contributed by atoms with Crippen LogP contribution in [0.15, 0.2) is 29.2 Å². The van der Waals surface area contributed by atoms with Crippen LogP contribution in [0.1, 0.15) is 6.42 Å². The molecule has 0 radical (unpaired) electrons. The number of rotatable bonds is 4. The molecule has 0 aromatic heterocycles. The van der Waals surface area contributed by atoms with Crippen molar-refractivity contribution in [2.75, 3.05) is 51.8 Å². The van der Waals surface area contributed by atoms with Crippen LogP contribution in [0.4, 0.5) is 5.69 Å². The van der Waals surface area contributed by atoms with Gasteiger partial charge in [-0.25, -0.2) is 8.42 Å². The molecule has 2 fully saturated rings. The Labute approximate surface area is 142 Å². The minimum atomic E-state index is -3.47. The van der Waals surface area contributed by atoms with Crippen LogP contribution in [0.2, 0.25) is 0 Å². The second kappa shape index (κ2) is 7.18. The van der Waals surface area contributed by atoms with E-state index in [0.29, 0.717) is 32.0 Å². The average molecular weight is 353 g/mol. The summed E-state index contributed by atoms with van der Waals surface area (Å²) >= 11 is 0. The fraction of sp³-hybridized carbons (Fsp3) is 0.562. The van der Waals surface area contributed by atoms with Crippen molar-refractivity contribution in [3.63, 3.8) is 0 Å². The Bertz CT molecular complexity index is 676. The van der Waals surface area contributed by atoms with E-state index in [1.54, 1.807) is 24.3 Å². The van der Waals surface area contributed by atoms with Gasteiger partial charge in [0.25, 0.3) is 0 Å². The van der Waals surface area contributed by atoms with Crippen LogP contribution in [0, 0.1) is 5.92 Å². The molecule has 7 nitrogen and oxygen atoms in total. The number of hydrogen-bond acceptors (Lipinski definition) is 5. The third kappa shape index (κ3) is 3.77. The maximum Gasteiger partial charge on any atom is 0.243 e. The topological polar surface area (TPSA) is 79.0 Å². The molecule has 8 heteroatoms. The van der Waals surface area contributed by atoms with E-state index in [-0.39, 0.29) is 16.7 Å². The lowest BCUT2D eigenvalue weighted by atomic mass is 10.1. The lowest BCUT2D eigenvalue weighted by molar-refractivity contribution is -0.119. The Kier molecular flexibility index (Phi) is 5.19. The molecule has 2 aliphatic heterocycles. The first-order valence-electron chi connectivity index (χ1n) is 8.14. The number of carbonyl (C=O) groups is 1. The summed E-state index contributed by atoms with van der Waals surface area (Å²) in [4.78, 5) is 14.4. The number of likely N-dealkylation sites (N-methyl/N-ethyl adjacent to an activating group) is 1. The van der Waals surface area contributed by atoms with Gasteiger partial charge >= 0.3 is 0 Å². The molecule has 0 saturated carbocycles. The highest BCUT2D eigenvalue weighted by Gasteiger charge is 2.27. The number of amides is 1. The van der Waals surface area contributed by atoms with Crippen LogP contribution in [-0.4, -0.2) is 70.0 Å². The van der Waals surface area contributed by atoms with Crippen molar-refractivity contribution < 1.29 is 17.9 Å². The Balaban J connectivity index is 1.66. The Morgan fingerprint density at radius 1 is 1.17 bits per heavy atom. The van der Waals surface area contributed by atoms with Crippen molar-refractivity contribution in [2.24, 2.45) is 5.92 Å². The zero-order valence-corrected chi connectivity index (χ0v) is 14.6. The van der Waals surface area contributed by atoms with Crippen LogP contribution < -0.4 is 5.32 Å². The molecule has 0 aliphatic carbocycles. The summed E-state index contributed by atoms with van der Waals surface area (Å²) in [6, 6.07) is 6.37. The van der Waals surface area contributed by atoms with E-state index >= 15 is 0 Å². The van der Waals surface area contributed by atoms with Crippen LogP contribution in [0.25, 0.3) is 0 Å². The molecule has 0 spiro atoms. The highest BCUT2D eigenvalue weighted by molar-refractivity contribution is 7.89. The predicted molar refractivity (Wildman–Crippen MR) is 90.3 cm³/mol. The molecule has 1 aromatic rings. The average Bonchev–Trinajstić information content (AvgIpc) is 3.10.